The van der Waals surface area contributed by atoms with Crippen molar-refractivity contribution in [1.82, 2.24) is 20.0 Å². The van der Waals surface area contributed by atoms with Gasteiger partial charge >= 0.3 is 0 Å². The van der Waals surface area contributed by atoms with Crippen LogP contribution in [0.15, 0.2) is 101 Å². The van der Waals surface area contributed by atoms with Gasteiger partial charge in [-0.3, -0.25) is 0 Å². The Bertz CT molecular complexity index is 1370. The standard InChI is InChI=1S/C31H34FN5S/c1-24-11-7-8-13-26(24)17-18-30(37-31(33-2)29(38-32)22-35-37)34-19-10-20-36(3)23-25-12-9-16-28(21-25)27-14-5-4-6-15-27/h4-9,11-16,18,21-22,34H,2,10,17,19-20,23H2,1,3H3/b30-18-. The number of aryl methyl sites for hydroxylation is 1. The second-order valence-corrected chi connectivity index (χ2v) is 9.88. The van der Waals surface area contributed by atoms with Crippen molar-refractivity contribution >= 4 is 30.5 Å². The van der Waals surface area contributed by atoms with Crippen LogP contribution in [0.1, 0.15) is 23.1 Å². The average molecular weight is 528 g/mol. The van der Waals surface area contributed by atoms with Crippen LogP contribution in [0, 0.1) is 6.92 Å². The fourth-order valence-corrected chi connectivity index (χ4v) is 4.72. The van der Waals surface area contributed by atoms with E-state index < -0.39 is 0 Å². The molecule has 0 saturated carbocycles. The number of aromatic nitrogens is 2. The summed E-state index contributed by atoms with van der Waals surface area (Å²) in [5.41, 5.74) is 6.20. The summed E-state index contributed by atoms with van der Waals surface area (Å²) in [5.74, 6) is 1.17. The van der Waals surface area contributed by atoms with Gasteiger partial charge in [0.1, 0.15) is 10.7 Å². The van der Waals surface area contributed by atoms with Gasteiger partial charge in [-0.15, -0.1) is 0 Å². The number of hydrogen-bond donors (Lipinski definition) is 1. The highest BCUT2D eigenvalue weighted by molar-refractivity contribution is 7.94. The maximum Gasteiger partial charge on any atom is 0.173 e. The van der Waals surface area contributed by atoms with Crippen LogP contribution in [-0.4, -0.2) is 41.5 Å². The Morgan fingerprint density at radius 2 is 1.84 bits per heavy atom. The zero-order valence-electron chi connectivity index (χ0n) is 22.0. The summed E-state index contributed by atoms with van der Waals surface area (Å²) >= 11 is 0.129. The summed E-state index contributed by atoms with van der Waals surface area (Å²) in [4.78, 5) is 6.70. The van der Waals surface area contributed by atoms with Crippen LogP contribution in [0.25, 0.3) is 16.9 Å². The minimum Gasteiger partial charge on any atom is -0.370 e. The summed E-state index contributed by atoms with van der Waals surface area (Å²) < 4.78 is 15.0. The van der Waals surface area contributed by atoms with Crippen molar-refractivity contribution in [1.29, 1.82) is 0 Å². The topological polar surface area (TPSA) is 45.5 Å². The Morgan fingerprint density at radius 1 is 1.08 bits per heavy atom. The van der Waals surface area contributed by atoms with Gasteiger partial charge in [0.05, 0.1) is 18.3 Å². The van der Waals surface area contributed by atoms with Gasteiger partial charge < -0.3 is 10.2 Å². The molecule has 7 heteroatoms. The molecule has 196 valence electrons. The van der Waals surface area contributed by atoms with E-state index >= 15 is 0 Å². The Hall–Kier alpha value is -3.68. The molecule has 0 fully saturated rings. The van der Waals surface area contributed by atoms with Crippen LogP contribution < -0.4 is 5.32 Å². The Balaban J connectivity index is 1.38. The van der Waals surface area contributed by atoms with Gasteiger partial charge in [-0.2, -0.15) is 13.7 Å². The number of rotatable bonds is 13. The van der Waals surface area contributed by atoms with Crippen molar-refractivity contribution in [3.05, 3.63) is 108 Å². The maximum absolute atomic E-state index is 13.4. The Morgan fingerprint density at radius 3 is 2.61 bits per heavy atom. The third-order valence-corrected chi connectivity index (χ3v) is 6.91. The lowest BCUT2D eigenvalue weighted by Crippen LogP contribution is -2.25. The van der Waals surface area contributed by atoms with Gasteiger partial charge in [-0.1, -0.05) is 72.8 Å². The van der Waals surface area contributed by atoms with E-state index in [1.165, 1.54) is 34.0 Å². The van der Waals surface area contributed by atoms with Crippen LogP contribution in [0.2, 0.25) is 0 Å². The van der Waals surface area contributed by atoms with Gasteiger partial charge in [0, 0.05) is 13.1 Å². The van der Waals surface area contributed by atoms with E-state index in [4.69, 9.17) is 0 Å². The molecule has 5 nitrogen and oxygen atoms in total. The third kappa shape index (κ3) is 7.21. The zero-order chi connectivity index (χ0) is 26.7. The van der Waals surface area contributed by atoms with E-state index in [0.29, 0.717) is 10.7 Å². The molecule has 0 aliphatic carbocycles. The van der Waals surface area contributed by atoms with E-state index in [9.17, 15) is 3.89 Å². The molecule has 0 atom stereocenters. The van der Waals surface area contributed by atoms with Crippen LogP contribution in [0.3, 0.4) is 0 Å². The summed E-state index contributed by atoms with van der Waals surface area (Å²) in [6.07, 6.45) is 5.21. The maximum atomic E-state index is 13.4. The fourth-order valence-electron chi connectivity index (χ4n) is 4.42. The normalized spacial score (nSPS) is 11.6. The van der Waals surface area contributed by atoms with E-state index in [-0.39, 0.29) is 12.1 Å². The lowest BCUT2D eigenvalue weighted by Gasteiger charge is -2.18. The molecular weight excluding hydrogens is 493 g/mol. The van der Waals surface area contributed by atoms with Crippen molar-refractivity contribution in [3.63, 3.8) is 0 Å². The molecular formula is C31H34FN5S. The molecule has 0 amide bonds. The molecule has 0 radical (unpaired) electrons. The number of benzene rings is 3. The Kier molecular flexibility index (Phi) is 9.90. The first-order chi connectivity index (χ1) is 18.6. The number of hydrogen-bond acceptors (Lipinski definition) is 5. The second-order valence-electron chi connectivity index (χ2n) is 9.28. The van der Waals surface area contributed by atoms with E-state index in [0.717, 1.165) is 38.3 Å². The van der Waals surface area contributed by atoms with Gasteiger partial charge in [0.2, 0.25) is 0 Å². The highest BCUT2D eigenvalue weighted by Gasteiger charge is 2.14. The van der Waals surface area contributed by atoms with E-state index in [1.807, 2.05) is 18.2 Å². The molecule has 1 N–H and O–H groups in total. The quantitative estimate of drug-likeness (QED) is 0.146. The molecule has 3 aromatic carbocycles. The molecule has 0 spiro atoms. The molecule has 0 aliphatic heterocycles. The minimum absolute atomic E-state index is 0.129. The first-order valence-electron chi connectivity index (χ1n) is 12.7. The van der Waals surface area contributed by atoms with E-state index in [1.54, 1.807) is 4.68 Å². The number of halogens is 1. The fraction of sp³-hybridized carbons (Fsp3) is 0.226. The average Bonchev–Trinajstić information content (AvgIpc) is 3.37. The minimum atomic E-state index is 0.129. The molecule has 1 aromatic heterocycles. The predicted molar refractivity (Wildman–Crippen MR) is 158 cm³/mol. The number of nitrogens with one attached hydrogen (secondary N) is 1. The molecule has 4 rings (SSSR count). The largest absolute Gasteiger partial charge is 0.370 e. The van der Waals surface area contributed by atoms with Crippen molar-refractivity contribution in [2.45, 2.75) is 31.2 Å². The van der Waals surface area contributed by atoms with Crippen molar-refractivity contribution in [2.75, 3.05) is 20.1 Å². The first kappa shape index (κ1) is 27.4. The first-order valence-corrected chi connectivity index (χ1v) is 13.5. The SMILES string of the molecule is C=Nc1c(SF)cnn1/C(=C\Cc1ccccc1C)NCCCN(C)Cc1cccc(-c2ccccc2)c1. The number of nitrogens with zero attached hydrogens (tertiary/aromatic N) is 4. The van der Waals surface area contributed by atoms with Crippen molar-refractivity contribution in [2.24, 2.45) is 4.99 Å². The van der Waals surface area contributed by atoms with Gasteiger partial charge in [0.25, 0.3) is 0 Å². The molecule has 0 saturated heterocycles. The highest BCUT2D eigenvalue weighted by Crippen LogP contribution is 2.31. The van der Waals surface area contributed by atoms with Gasteiger partial charge in [-0.25, -0.2) is 4.99 Å². The molecule has 38 heavy (non-hydrogen) atoms. The van der Waals surface area contributed by atoms with Crippen LogP contribution in [-0.2, 0) is 13.0 Å². The molecule has 4 aromatic rings. The molecule has 1 heterocycles. The third-order valence-electron chi connectivity index (χ3n) is 6.46. The zero-order valence-corrected chi connectivity index (χ0v) is 22.8. The summed E-state index contributed by atoms with van der Waals surface area (Å²) in [5, 5.41) is 7.88. The molecule has 0 bridgehead atoms. The second kappa shape index (κ2) is 13.7. The lowest BCUT2D eigenvalue weighted by atomic mass is 10.0. The molecule has 0 aliphatic rings. The van der Waals surface area contributed by atoms with E-state index in [2.05, 4.69) is 108 Å². The monoisotopic (exact) mass is 527 g/mol. The smallest absolute Gasteiger partial charge is 0.173 e. The van der Waals surface area contributed by atoms with Gasteiger partial charge in [0.15, 0.2) is 5.82 Å². The van der Waals surface area contributed by atoms with Crippen molar-refractivity contribution in [3.8, 4) is 11.1 Å². The Labute approximate surface area is 229 Å². The molecule has 0 unspecified atom stereocenters. The number of aliphatic imine (C=N–C) groups is 1. The highest BCUT2D eigenvalue weighted by atomic mass is 32.2. The summed E-state index contributed by atoms with van der Waals surface area (Å²) in [7, 11) is 2.14. The van der Waals surface area contributed by atoms with Crippen LogP contribution in [0.5, 0.6) is 0 Å². The number of allylic oxidation sites excluding steroid dienone is 1. The van der Waals surface area contributed by atoms with Crippen LogP contribution in [0.4, 0.5) is 9.70 Å². The summed E-state index contributed by atoms with van der Waals surface area (Å²) in [6, 6.07) is 27.5. The van der Waals surface area contributed by atoms with Crippen molar-refractivity contribution < 1.29 is 3.89 Å². The van der Waals surface area contributed by atoms with Gasteiger partial charge in [-0.05, 0) is 80.0 Å². The summed E-state index contributed by atoms with van der Waals surface area (Å²) in [6.45, 7) is 8.25. The van der Waals surface area contributed by atoms with Crippen LogP contribution >= 0.6 is 12.1 Å². The lowest BCUT2D eigenvalue weighted by molar-refractivity contribution is 0.322. The predicted octanol–water partition coefficient (Wildman–Crippen LogP) is 7.32.